The predicted molar refractivity (Wildman–Crippen MR) is 125 cm³/mol. The van der Waals surface area contributed by atoms with Gasteiger partial charge in [-0.05, 0) is 43.9 Å². The Morgan fingerprint density at radius 3 is 2.49 bits per heavy atom. The number of carbonyl (C=O) groups is 3. The lowest BCUT2D eigenvalue weighted by atomic mass is 9.75. The number of hydrogen-bond acceptors (Lipinski definition) is 8. The first kappa shape index (κ1) is 26.1. The summed E-state index contributed by atoms with van der Waals surface area (Å²) in [6.45, 7) is 8.23. The Labute approximate surface area is 204 Å². The number of fused-ring (bicyclic) bond motifs is 1. The topological polar surface area (TPSA) is 139 Å². The van der Waals surface area contributed by atoms with Crippen LogP contribution in [0.5, 0.6) is 5.88 Å². The first-order valence-electron chi connectivity index (χ1n) is 11.8. The molecule has 0 spiro atoms. The van der Waals surface area contributed by atoms with E-state index >= 15 is 0 Å². The summed E-state index contributed by atoms with van der Waals surface area (Å²) in [5, 5.41) is 12.8. The predicted octanol–water partition coefficient (Wildman–Crippen LogP) is 3.45. The summed E-state index contributed by atoms with van der Waals surface area (Å²) in [7, 11) is 2.81. The molecule has 1 aliphatic carbocycles. The summed E-state index contributed by atoms with van der Waals surface area (Å²) in [5.74, 6) is 0.192. The monoisotopic (exact) mass is 487 g/mol. The number of nitrogens with zero attached hydrogens (tertiary/aromatic N) is 4. The van der Waals surface area contributed by atoms with Crippen LogP contribution in [0.15, 0.2) is 0 Å². The number of methoxy groups -OCH3 is 1. The third kappa shape index (κ3) is 5.58. The molecule has 0 aromatic carbocycles. The van der Waals surface area contributed by atoms with Crippen LogP contribution < -0.4 is 4.74 Å². The van der Waals surface area contributed by atoms with Gasteiger partial charge in [-0.2, -0.15) is 5.26 Å². The highest BCUT2D eigenvalue weighted by Gasteiger charge is 2.37. The highest BCUT2D eigenvalue weighted by atomic mass is 16.6. The molecule has 2 aromatic heterocycles. The van der Waals surface area contributed by atoms with Crippen LogP contribution in [-0.4, -0.2) is 64.3 Å². The molecule has 0 saturated heterocycles. The summed E-state index contributed by atoms with van der Waals surface area (Å²) >= 11 is 0. The number of aryl methyl sites for hydroxylation is 1. The molecule has 190 valence electrons. The van der Waals surface area contributed by atoms with E-state index in [0.29, 0.717) is 18.2 Å². The van der Waals surface area contributed by atoms with Gasteiger partial charge in [-0.15, -0.1) is 0 Å². The van der Waals surface area contributed by atoms with Crippen molar-refractivity contribution in [2.45, 2.75) is 59.5 Å². The fourth-order valence-electron chi connectivity index (χ4n) is 4.91. The van der Waals surface area contributed by atoms with E-state index in [2.05, 4.69) is 35.6 Å². The van der Waals surface area contributed by atoms with E-state index in [9.17, 15) is 19.6 Å². The fourth-order valence-corrected chi connectivity index (χ4v) is 4.91. The van der Waals surface area contributed by atoms with Crippen molar-refractivity contribution in [3.8, 4) is 11.9 Å². The fraction of sp³-hybridized carbons (Fsp3) is 0.625. The Balaban J connectivity index is 1.86. The first-order valence-corrected chi connectivity index (χ1v) is 11.8. The first-order chi connectivity index (χ1) is 16.6. The molecule has 2 atom stereocenters. The maximum Gasteiger partial charge on any atom is 0.416 e. The van der Waals surface area contributed by atoms with Gasteiger partial charge in [0.2, 0.25) is 5.88 Å². The second-order valence-electron chi connectivity index (χ2n) is 9.51. The van der Waals surface area contributed by atoms with Gasteiger partial charge in [-0.3, -0.25) is 9.89 Å². The minimum absolute atomic E-state index is 0.0361. The largest absolute Gasteiger partial charge is 0.469 e. The van der Waals surface area contributed by atoms with Crippen molar-refractivity contribution >= 4 is 23.7 Å². The average Bonchev–Trinajstić information content (AvgIpc) is 3.30. The molecule has 1 amide bonds. The van der Waals surface area contributed by atoms with Gasteiger partial charge >= 0.3 is 18.0 Å². The Morgan fingerprint density at radius 1 is 1.23 bits per heavy atom. The molecule has 3 rings (SSSR count). The number of rotatable bonds is 7. The van der Waals surface area contributed by atoms with Crippen molar-refractivity contribution in [3.05, 3.63) is 17.0 Å². The average molecular weight is 488 g/mol. The zero-order valence-electron chi connectivity index (χ0n) is 21.1. The number of esters is 2. The Kier molecular flexibility index (Phi) is 8.04. The Bertz CT molecular complexity index is 1130. The van der Waals surface area contributed by atoms with Crippen LogP contribution in [0, 0.1) is 36.0 Å². The second kappa shape index (κ2) is 10.8. The van der Waals surface area contributed by atoms with Crippen LogP contribution in [0.4, 0.5) is 4.79 Å². The SMILES string of the molecule is COC(=O)CCCN(C)C(=O)Oc1c(C#N)c(C(=O)OC2C(C)CC(C)CC2C)c2nc(C)[nH]n12. The summed E-state index contributed by atoms with van der Waals surface area (Å²) in [5.41, 5.74) is -0.00904. The highest BCUT2D eigenvalue weighted by Crippen LogP contribution is 2.37. The molecule has 35 heavy (non-hydrogen) atoms. The number of hydrogen-bond donors (Lipinski definition) is 1. The number of amides is 1. The van der Waals surface area contributed by atoms with Crippen LogP contribution in [0.2, 0.25) is 0 Å². The molecule has 2 aromatic rings. The van der Waals surface area contributed by atoms with Crippen molar-refractivity contribution in [3.63, 3.8) is 0 Å². The van der Waals surface area contributed by atoms with E-state index in [1.165, 1.54) is 23.6 Å². The van der Waals surface area contributed by atoms with Gasteiger partial charge in [0, 0.05) is 20.0 Å². The Hall–Kier alpha value is -3.55. The molecule has 2 heterocycles. The molecule has 1 aliphatic rings. The molecule has 0 radical (unpaired) electrons. The number of aromatic amines is 1. The summed E-state index contributed by atoms with van der Waals surface area (Å²) in [6, 6.07) is 1.98. The quantitative estimate of drug-likeness (QED) is 0.586. The van der Waals surface area contributed by atoms with Gasteiger partial charge in [0.25, 0.3) is 0 Å². The minimum atomic E-state index is -0.749. The van der Waals surface area contributed by atoms with Gasteiger partial charge in [-0.1, -0.05) is 20.8 Å². The van der Waals surface area contributed by atoms with Gasteiger partial charge in [0.05, 0.1) is 7.11 Å². The zero-order valence-corrected chi connectivity index (χ0v) is 21.1. The number of ether oxygens (including phenoxy) is 3. The van der Waals surface area contributed by atoms with Crippen LogP contribution in [0.25, 0.3) is 5.65 Å². The van der Waals surface area contributed by atoms with Gasteiger partial charge in [-0.25, -0.2) is 19.1 Å². The lowest BCUT2D eigenvalue weighted by Crippen LogP contribution is -2.37. The third-order valence-electron chi connectivity index (χ3n) is 6.48. The molecule has 11 heteroatoms. The van der Waals surface area contributed by atoms with Crippen molar-refractivity contribution in [1.29, 1.82) is 5.26 Å². The van der Waals surface area contributed by atoms with Crippen LogP contribution in [0.3, 0.4) is 0 Å². The van der Waals surface area contributed by atoms with Gasteiger partial charge in [0.1, 0.15) is 29.1 Å². The standard InChI is InChI=1S/C24H33N5O6/c1-13-10-14(2)20(15(3)11-13)34-23(31)19-17(12-25)22(29-21(19)26-16(4)27-29)35-24(32)28(5)9-7-8-18(30)33-6/h13-15,20H,7-11H2,1-6H3,(H,26,27). The van der Waals surface area contributed by atoms with E-state index in [-0.39, 0.29) is 59.5 Å². The van der Waals surface area contributed by atoms with Crippen molar-refractivity contribution < 1.29 is 28.6 Å². The number of H-pyrrole nitrogens is 1. The van der Waals surface area contributed by atoms with Crippen LogP contribution >= 0.6 is 0 Å². The number of aromatic nitrogens is 3. The van der Waals surface area contributed by atoms with Gasteiger partial charge < -0.3 is 19.1 Å². The van der Waals surface area contributed by atoms with Crippen molar-refractivity contribution in [1.82, 2.24) is 19.5 Å². The van der Waals surface area contributed by atoms with E-state index in [1.807, 2.05) is 6.07 Å². The molecule has 0 aliphatic heterocycles. The maximum absolute atomic E-state index is 13.3. The molecule has 11 nitrogen and oxygen atoms in total. The molecule has 1 N–H and O–H groups in total. The summed E-state index contributed by atoms with van der Waals surface area (Å²) in [4.78, 5) is 42.9. The second-order valence-corrected chi connectivity index (χ2v) is 9.51. The number of carbonyl (C=O) groups excluding carboxylic acids is 3. The molecule has 2 unspecified atom stereocenters. The number of nitrogens with one attached hydrogen (secondary N) is 1. The smallest absolute Gasteiger partial charge is 0.416 e. The molecule has 1 saturated carbocycles. The van der Waals surface area contributed by atoms with E-state index in [4.69, 9.17) is 9.47 Å². The molecule has 0 bridgehead atoms. The Morgan fingerprint density at radius 2 is 1.89 bits per heavy atom. The zero-order chi connectivity index (χ0) is 25.9. The third-order valence-corrected chi connectivity index (χ3v) is 6.48. The molecule has 1 fully saturated rings. The number of nitriles is 1. The summed E-state index contributed by atoms with van der Waals surface area (Å²) in [6.07, 6.45) is 1.40. The van der Waals surface area contributed by atoms with Crippen molar-refractivity contribution in [2.75, 3.05) is 20.7 Å². The lowest BCUT2D eigenvalue weighted by molar-refractivity contribution is -0.140. The molecular weight excluding hydrogens is 454 g/mol. The van der Waals surface area contributed by atoms with Crippen molar-refractivity contribution in [2.24, 2.45) is 17.8 Å². The van der Waals surface area contributed by atoms with Crippen LogP contribution in [-0.2, 0) is 14.3 Å². The lowest BCUT2D eigenvalue weighted by Gasteiger charge is -2.37. The van der Waals surface area contributed by atoms with E-state index in [0.717, 1.165) is 12.8 Å². The molecular formula is C24H33N5O6. The van der Waals surface area contributed by atoms with E-state index < -0.39 is 12.1 Å². The van der Waals surface area contributed by atoms with E-state index in [1.54, 1.807) is 6.92 Å². The van der Waals surface area contributed by atoms with Crippen LogP contribution in [0.1, 0.15) is 68.2 Å². The normalized spacial score (nSPS) is 21.9. The summed E-state index contributed by atoms with van der Waals surface area (Å²) < 4.78 is 17.3. The minimum Gasteiger partial charge on any atom is -0.469 e. The highest BCUT2D eigenvalue weighted by molar-refractivity contribution is 6.00. The van der Waals surface area contributed by atoms with Gasteiger partial charge in [0.15, 0.2) is 5.65 Å². The maximum atomic E-state index is 13.3.